The summed E-state index contributed by atoms with van der Waals surface area (Å²) in [5.74, 6) is 0. The molecule has 2 heterocycles. The van der Waals surface area contributed by atoms with Gasteiger partial charge in [0.1, 0.15) is 0 Å². The van der Waals surface area contributed by atoms with Crippen molar-refractivity contribution in [1.29, 1.82) is 0 Å². The van der Waals surface area contributed by atoms with Gasteiger partial charge in [-0.15, -0.1) is 0 Å². The van der Waals surface area contributed by atoms with Crippen LogP contribution in [0.25, 0.3) is 0 Å². The van der Waals surface area contributed by atoms with Crippen molar-refractivity contribution in [1.82, 2.24) is 21.7 Å². The summed E-state index contributed by atoms with van der Waals surface area (Å²) in [7, 11) is 0. The molecule has 3 fully saturated rings. The third-order valence-corrected chi connectivity index (χ3v) is 2.91. The summed E-state index contributed by atoms with van der Waals surface area (Å²) >= 11 is 0. The van der Waals surface area contributed by atoms with Gasteiger partial charge >= 0.3 is 0 Å². The molecule has 4 heteroatoms. The highest BCUT2D eigenvalue weighted by Gasteiger charge is 2.53. The van der Waals surface area contributed by atoms with Gasteiger partial charge in [-0.3, -0.25) is 0 Å². The molecule has 2 saturated heterocycles. The fraction of sp³-hybridized carbons (Fsp3) is 1.00. The number of nitrogens with one attached hydrogen (secondary N) is 4. The molecule has 2 spiro atoms. The maximum Gasteiger partial charge on any atom is 0.0945 e. The molecule has 4 nitrogen and oxygen atoms in total. The Morgan fingerprint density at radius 3 is 1.10 bits per heavy atom. The van der Waals surface area contributed by atoms with Gasteiger partial charge in [0.25, 0.3) is 0 Å². The van der Waals surface area contributed by atoms with E-state index in [9.17, 15) is 0 Å². The second-order valence-corrected chi connectivity index (χ2v) is 3.66. The highest BCUT2D eigenvalue weighted by Crippen LogP contribution is 2.38. The van der Waals surface area contributed by atoms with Crippen molar-refractivity contribution in [3.05, 3.63) is 0 Å². The Kier molecular flexibility index (Phi) is 0.757. The van der Waals surface area contributed by atoms with Gasteiger partial charge in [0.15, 0.2) is 0 Å². The molecule has 2 aliphatic heterocycles. The Balaban J connectivity index is 1.72. The number of hydrogen-bond acceptors (Lipinski definition) is 4. The average Bonchev–Trinajstić information content (AvgIpc) is 2.75. The van der Waals surface area contributed by atoms with Gasteiger partial charge in [0, 0.05) is 0 Å². The predicted molar refractivity (Wildman–Crippen MR) is 36.5 cm³/mol. The molecule has 0 atom stereocenters. The first-order valence-corrected chi connectivity index (χ1v) is 3.91. The largest absolute Gasteiger partial charge is 0.235 e. The Labute approximate surface area is 59.7 Å². The van der Waals surface area contributed by atoms with Crippen LogP contribution in [0.5, 0.6) is 0 Å². The van der Waals surface area contributed by atoms with Gasteiger partial charge in [-0.1, -0.05) is 0 Å². The van der Waals surface area contributed by atoms with Crippen molar-refractivity contribution in [2.24, 2.45) is 0 Å². The standard InChI is InChI=1S/C6H12N4/c1-2-6(9-10-6)4-3-5(1)7-8-5/h7-10H,1-4H2. The second-order valence-electron chi connectivity index (χ2n) is 3.66. The van der Waals surface area contributed by atoms with Crippen LogP contribution in [0, 0.1) is 0 Å². The summed E-state index contributed by atoms with van der Waals surface area (Å²) in [6, 6.07) is 0. The van der Waals surface area contributed by atoms with E-state index in [0.717, 1.165) is 0 Å². The molecule has 0 aromatic rings. The lowest BCUT2D eigenvalue weighted by atomic mass is 9.87. The van der Waals surface area contributed by atoms with E-state index in [-0.39, 0.29) is 0 Å². The summed E-state index contributed by atoms with van der Waals surface area (Å²) in [6.07, 6.45) is 4.97. The molecule has 0 aromatic carbocycles. The Morgan fingerprint density at radius 2 is 0.900 bits per heavy atom. The van der Waals surface area contributed by atoms with Gasteiger partial charge in [0.2, 0.25) is 0 Å². The van der Waals surface area contributed by atoms with E-state index in [1.165, 1.54) is 25.7 Å². The van der Waals surface area contributed by atoms with Crippen LogP contribution in [-0.2, 0) is 0 Å². The Morgan fingerprint density at radius 1 is 0.600 bits per heavy atom. The van der Waals surface area contributed by atoms with Crippen LogP contribution < -0.4 is 21.7 Å². The van der Waals surface area contributed by atoms with Crippen molar-refractivity contribution < 1.29 is 0 Å². The molecule has 56 valence electrons. The molecule has 0 bridgehead atoms. The maximum absolute atomic E-state index is 3.21. The predicted octanol–water partition coefficient (Wildman–Crippen LogP) is -0.831. The number of hydrogen-bond donors (Lipinski definition) is 4. The van der Waals surface area contributed by atoms with Crippen molar-refractivity contribution in [2.75, 3.05) is 0 Å². The second kappa shape index (κ2) is 1.38. The average molecular weight is 140 g/mol. The first-order valence-electron chi connectivity index (χ1n) is 3.91. The Bertz CT molecular complexity index is 139. The van der Waals surface area contributed by atoms with Crippen molar-refractivity contribution in [2.45, 2.75) is 37.0 Å². The first kappa shape index (κ1) is 5.49. The SMILES string of the molecule is C1CC2(CCC13NN3)NN2. The van der Waals surface area contributed by atoms with Crippen LogP contribution in [-0.4, -0.2) is 11.3 Å². The topological polar surface area (TPSA) is 87.8 Å². The van der Waals surface area contributed by atoms with Crippen LogP contribution in [0.1, 0.15) is 25.7 Å². The van der Waals surface area contributed by atoms with Crippen LogP contribution in [0.3, 0.4) is 0 Å². The quantitative estimate of drug-likeness (QED) is 0.331. The van der Waals surface area contributed by atoms with Gasteiger partial charge < -0.3 is 0 Å². The summed E-state index contributed by atoms with van der Waals surface area (Å²) in [5, 5.41) is 0. The molecule has 10 heavy (non-hydrogen) atoms. The fourth-order valence-corrected chi connectivity index (χ4v) is 1.78. The highest BCUT2D eigenvalue weighted by molar-refractivity contribution is 5.07. The van der Waals surface area contributed by atoms with Crippen LogP contribution in [0.15, 0.2) is 0 Å². The zero-order valence-corrected chi connectivity index (χ0v) is 5.83. The molecule has 1 saturated carbocycles. The van der Waals surface area contributed by atoms with Gasteiger partial charge in [-0.2, -0.15) is 0 Å². The van der Waals surface area contributed by atoms with E-state index in [2.05, 4.69) is 21.7 Å². The smallest absolute Gasteiger partial charge is 0.0945 e. The molecule has 0 unspecified atom stereocenters. The van der Waals surface area contributed by atoms with E-state index in [4.69, 9.17) is 0 Å². The lowest BCUT2D eigenvalue weighted by Gasteiger charge is -2.23. The highest BCUT2D eigenvalue weighted by atomic mass is 15.7. The van der Waals surface area contributed by atoms with Gasteiger partial charge in [-0.05, 0) is 25.7 Å². The number of rotatable bonds is 0. The first-order chi connectivity index (χ1) is 4.83. The third kappa shape index (κ3) is 0.645. The summed E-state index contributed by atoms with van der Waals surface area (Å²) in [5.41, 5.74) is 13.5. The minimum absolute atomic E-state index is 0.344. The van der Waals surface area contributed by atoms with Crippen molar-refractivity contribution in [3.8, 4) is 0 Å². The zero-order valence-electron chi connectivity index (χ0n) is 5.83. The zero-order chi connectivity index (χ0) is 6.66. The van der Waals surface area contributed by atoms with E-state index >= 15 is 0 Å². The number of hydrazine groups is 2. The maximum atomic E-state index is 3.21. The van der Waals surface area contributed by atoms with E-state index in [1.807, 2.05) is 0 Å². The molecule has 3 rings (SSSR count). The molecule has 0 amide bonds. The summed E-state index contributed by atoms with van der Waals surface area (Å²) in [6.45, 7) is 0. The molecule has 0 aromatic heterocycles. The van der Waals surface area contributed by atoms with Crippen LogP contribution in [0.4, 0.5) is 0 Å². The minimum Gasteiger partial charge on any atom is -0.235 e. The molecule has 4 N–H and O–H groups in total. The van der Waals surface area contributed by atoms with Crippen LogP contribution in [0.2, 0.25) is 0 Å². The molecule has 0 radical (unpaired) electrons. The van der Waals surface area contributed by atoms with Crippen LogP contribution >= 0.6 is 0 Å². The normalized spacial score (nSPS) is 38.4. The third-order valence-electron chi connectivity index (χ3n) is 2.91. The van der Waals surface area contributed by atoms with Gasteiger partial charge in [-0.25, -0.2) is 21.7 Å². The minimum atomic E-state index is 0.344. The summed E-state index contributed by atoms with van der Waals surface area (Å²) < 4.78 is 0. The Hall–Kier alpha value is -0.160. The van der Waals surface area contributed by atoms with Crippen molar-refractivity contribution >= 4 is 0 Å². The van der Waals surface area contributed by atoms with Gasteiger partial charge in [0.05, 0.1) is 11.3 Å². The van der Waals surface area contributed by atoms with E-state index in [1.54, 1.807) is 0 Å². The molecule has 3 aliphatic rings. The van der Waals surface area contributed by atoms with E-state index < -0.39 is 0 Å². The van der Waals surface area contributed by atoms with E-state index in [0.29, 0.717) is 11.3 Å². The fourth-order valence-electron chi connectivity index (χ4n) is 1.78. The molecule has 1 aliphatic carbocycles. The molecular formula is C6H12N4. The van der Waals surface area contributed by atoms with Crippen molar-refractivity contribution in [3.63, 3.8) is 0 Å². The monoisotopic (exact) mass is 140 g/mol. The lowest BCUT2D eigenvalue weighted by molar-refractivity contribution is 0.328. The summed E-state index contributed by atoms with van der Waals surface area (Å²) in [4.78, 5) is 0. The lowest BCUT2D eigenvalue weighted by Crippen LogP contribution is -2.33. The molecular weight excluding hydrogens is 128 g/mol.